The van der Waals surface area contributed by atoms with Crippen LogP contribution in [0.25, 0.3) is 0 Å². The van der Waals surface area contributed by atoms with Crippen LogP contribution in [0.4, 0.5) is 16.2 Å². The zero-order valence-electron chi connectivity index (χ0n) is 13.8. The maximum atomic E-state index is 11.9. The van der Waals surface area contributed by atoms with E-state index in [2.05, 4.69) is 21.0 Å². The number of anilines is 2. The molecule has 8 heteroatoms. The Morgan fingerprint density at radius 1 is 1.29 bits per heavy atom. The fourth-order valence-electron chi connectivity index (χ4n) is 2.16. The topological polar surface area (TPSA) is 88.1 Å². The van der Waals surface area contributed by atoms with Crippen LogP contribution in [0.2, 0.25) is 5.02 Å². The number of carbonyl (C=O) groups excluding carboxylic acids is 2. The molecule has 0 saturated heterocycles. The first-order valence-corrected chi connectivity index (χ1v) is 7.84. The van der Waals surface area contributed by atoms with Crippen LogP contribution in [0.15, 0.2) is 24.4 Å². The first-order valence-electron chi connectivity index (χ1n) is 7.46. The van der Waals surface area contributed by atoms with Crippen LogP contribution >= 0.6 is 11.6 Å². The van der Waals surface area contributed by atoms with E-state index in [1.54, 1.807) is 29.1 Å². The summed E-state index contributed by atoms with van der Waals surface area (Å²) in [6, 6.07) is 4.54. The summed E-state index contributed by atoms with van der Waals surface area (Å²) in [4.78, 5) is 22.9. The van der Waals surface area contributed by atoms with E-state index in [1.165, 1.54) is 6.92 Å². The van der Waals surface area contributed by atoms with Crippen LogP contribution in [0.3, 0.4) is 0 Å². The smallest absolute Gasteiger partial charge is 0.319 e. The third kappa shape index (κ3) is 4.73. The minimum atomic E-state index is -0.342. The van der Waals surface area contributed by atoms with Crippen molar-refractivity contribution in [2.45, 2.75) is 20.3 Å². The van der Waals surface area contributed by atoms with Gasteiger partial charge in [0.05, 0.1) is 16.9 Å². The average molecular weight is 350 g/mol. The third-order valence-corrected chi connectivity index (χ3v) is 3.87. The van der Waals surface area contributed by atoms with E-state index in [-0.39, 0.29) is 11.9 Å². The summed E-state index contributed by atoms with van der Waals surface area (Å²) in [5, 5.41) is 12.6. The van der Waals surface area contributed by atoms with Gasteiger partial charge >= 0.3 is 6.03 Å². The minimum absolute atomic E-state index is 0.185. The normalized spacial score (nSPS) is 10.3. The number of amides is 3. The lowest BCUT2D eigenvalue weighted by atomic mass is 10.2. The number of carbonyl (C=O) groups is 2. The van der Waals surface area contributed by atoms with Crippen LogP contribution < -0.4 is 16.0 Å². The van der Waals surface area contributed by atoms with E-state index >= 15 is 0 Å². The number of halogens is 1. The molecule has 0 aliphatic carbocycles. The zero-order valence-corrected chi connectivity index (χ0v) is 14.6. The molecule has 1 aromatic heterocycles. The second kappa shape index (κ2) is 7.83. The van der Waals surface area contributed by atoms with E-state index in [0.29, 0.717) is 29.4 Å². The van der Waals surface area contributed by atoms with Gasteiger partial charge in [-0.05, 0) is 37.1 Å². The van der Waals surface area contributed by atoms with Gasteiger partial charge in [-0.1, -0.05) is 11.6 Å². The Hall–Kier alpha value is -2.54. The Morgan fingerprint density at radius 2 is 2.04 bits per heavy atom. The van der Waals surface area contributed by atoms with Crippen LogP contribution in [-0.2, 0) is 18.3 Å². The van der Waals surface area contributed by atoms with E-state index in [4.69, 9.17) is 11.6 Å². The number of urea groups is 1. The number of aryl methyl sites for hydroxylation is 1. The van der Waals surface area contributed by atoms with E-state index in [9.17, 15) is 9.59 Å². The van der Waals surface area contributed by atoms with Gasteiger partial charge in [0.2, 0.25) is 5.91 Å². The average Bonchev–Trinajstić information content (AvgIpc) is 2.81. The Bertz CT molecular complexity index is 757. The number of rotatable bonds is 5. The molecule has 24 heavy (non-hydrogen) atoms. The van der Waals surface area contributed by atoms with Gasteiger partial charge in [-0.15, -0.1) is 0 Å². The number of hydrogen-bond acceptors (Lipinski definition) is 3. The van der Waals surface area contributed by atoms with E-state index < -0.39 is 0 Å². The Kier molecular flexibility index (Phi) is 5.81. The number of nitrogens with one attached hydrogen (secondary N) is 3. The van der Waals surface area contributed by atoms with Gasteiger partial charge in [-0.2, -0.15) is 5.10 Å². The molecule has 0 bridgehead atoms. The standard InChI is InChI=1S/C16H20ClN5O2/c1-10-12(9-19-22(10)3)6-7-18-16(24)21-15-5-4-13(8-14(15)17)20-11(2)23/h4-5,8-9H,6-7H2,1-3H3,(H,20,23)(H2,18,21,24). The highest BCUT2D eigenvalue weighted by Gasteiger charge is 2.08. The lowest BCUT2D eigenvalue weighted by molar-refractivity contribution is -0.114. The Balaban J connectivity index is 1.86. The molecule has 3 N–H and O–H groups in total. The molecule has 0 saturated carbocycles. The van der Waals surface area contributed by atoms with Gasteiger partial charge in [-0.25, -0.2) is 4.79 Å². The van der Waals surface area contributed by atoms with Crippen molar-refractivity contribution >= 4 is 34.9 Å². The van der Waals surface area contributed by atoms with Gasteiger partial charge in [0.25, 0.3) is 0 Å². The van der Waals surface area contributed by atoms with E-state index in [1.807, 2.05) is 14.0 Å². The molecule has 3 amide bonds. The molecule has 7 nitrogen and oxygen atoms in total. The van der Waals surface area contributed by atoms with Crippen LogP contribution in [0, 0.1) is 6.92 Å². The predicted molar refractivity (Wildman–Crippen MR) is 94.4 cm³/mol. The number of benzene rings is 1. The summed E-state index contributed by atoms with van der Waals surface area (Å²) in [7, 11) is 1.88. The number of aromatic nitrogens is 2. The predicted octanol–water partition coefficient (Wildman–Crippen LogP) is 2.70. The minimum Gasteiger partial charge on any atom is -0.338 e. The SMILES string of the molecule is CC(=O)Nc1ccc(NC(=O)NCCc2cnn(C)c2C)c(Cl)c1. The molecule has 1 heterocycles. The lowest BCUT2D eigenvalue weighted by Crippen LogP contribution is -2.30. The summed E-state index contributed by atoms with van der Waals surface area (Å²) < 4.78 is 1.80. The molecule has 0 atom stereocenters. The number of nitrogens with zero attached hydrogens (tertiary/aromatic N) is 2. The molecular weight excluding hydrogens is 330 g/mol. The van der Waals surface area contributed by atoms with Crippen LogP contribution in [0.1, 0.15) is 18.2 Å². The molecule has 2 aromatic rings. The highest BCUT2D eigenvalue weighted by molar-refractivity contribution is 6.34. The summed E-state index contributed by atoms with van der Waals surface area (Å²) in [6.07, 6.45) is 2.49. The molecule has 2 rings (SSSR count). The fourth-order valence-corrected chi connectivity index (χ4v) is 2.39. The van der Waals surface area contributed by atoms with Crippen molar-refractivity contribution in [1.29, 1.82) is 0 Å². The summed E-state index contributed by atoms with van der Waals surface area (Å²) >= 11 is 6.11. The maximum absolute atomic E-state index is 11.9. The molecule has 128 valence electrons. The molecule has 0 spiro atoms. The van der Waals surface area contributed by atoms with Crippen molar-refractivity contribution in [3.63, 3.8) is 0 Å². The summed E-state index contributed by atoms with van der Waals surface area (Å²) in [6.45, 7) is 3.89. The van der Waals surface area contributed by atoms with E-state index in [0.717, 1.165) is 11.3 Å². The van der Waals surface area contributed by atoms with Crippen molar-refractivity contribution in [2.75, 3.05) is 17.2 Å². The molecule has 0 radical (unpaired) electrons. The van der Waals surface area contributed by atoms with Crippen molar-refractivity contribution in [2.24, 2.45) is 7.05 Å². The van der Waals surface area contributed by atoms with Crippen LogP contribution in [-0.4, -0.2) is 28.3 Å². The second-order valence-electron chi connectivity index (χ2n) is 5.39. The van der Waals surface area contributed by atoms with Gasteiger partial charge in [-0.3, -0.25) is 9.48 Å². The zero-order chi connectivity index (χ0) is 17.7. The summed E-state index contributed by atoms with van der Waals surface area (Å²) in [5.74, 6) is -0.185. The fraction of sp³-hybridized carbons (Fsp3) is 0.312. The van der Waals surface area contributed by atoms with Crippen molar-refractivity contribution in [3.8, 4) is 0 Å². The Labute approximate surface area is 145 Å². The quantitative estimate of drug-likeness (QED) is 0.775. The van der Waals surface area contributed by atoms with Gasteiger partial charge in [0.1, 0.15) is 0 Å². The molecule has 0 unspecified atom stereocenters. The summed E-state index contributed by atoms with van der Waals surface area (Å²) in [5.41, 5.74) is 3.22. The Morgan fingerprint density at radius 3 is 2.62 bits per heavy atom. The van der Waals surface area contributed by atoms with Crippen molar-refractivity contribution in [1.82, 2.24) is 15.1 Å². The first-order chi connectivity index (χ1) is 11.4. The highest BCUT2D eigenvalue weighted by Crippen LogP contribution is 2.25. The van der Waals surface area contributed by atoms with Crippen LogP contribution in [0.5, 0.6) is 0 Å². The molecule has 1 aromatic carbocycles. The number of hydrogen-bond donors (Lipinski definition) is 3. The van der Waals surface area contributed by atoms with Gasteiger partial charge < -0.3 is 16.0 Å². The largest absolute Gasteiger partial charge is 0.338 e. The highest BCUT2D eigenvalue weighted by atomic mass is 35.5. The third-order valence-electron chi connectivity index (χ3n) is 3.55. The molecule has 0 aliphatic heterocycles. The first kappa shape index (κ1) is 17.8. The van der Waals surface area contributed by atoms with Gasteiger partial charge in [0.15, 0.2) is 0 Å². The molecule has 0 aliphatic rings. The van der Waals surface area contributed by atoms with Crippen molar-refractivity contribution in [3.05, 3.63) is 40.7 Å². The van der Waals surface area contributed by atoms with Gasteiger partial charge in [0, 0.05) is 31.9 Å². The maximum Gasteiger partial charge on any atom is 0.319 e. The van der Waals surface area contributed by atoms with Crippen molar-refractivity contribution < 1.29 is 9.59 Å². The second-order valence-corrected chi connectivity index (χ2v) is 5.79. The molecular formula is C16H20ClN5O2. The molecule has 0 fully saturated rings. The monoisotopic (exact) mass is 349 g/mol. The lowest BCUT2D eigenvalue weighted by Gasteiger charge is -2.10.